The lowest BCUT2D eigenvalue weighted by Gasteiger charge is -2.37. The predicted molar refractivity (Wildman–Crippen MR) is 76.9 cm³/mol. The maximum atomic E-state index is 9.59. The van der Waals surface area contributed by atoms with Crippen LogP contribution in [0, 0.1) is 5.41 Å². The average Bonchev–Trinajstić information content (AvgIpc) is 2.83. The van der Waals surface area contributed by atoms with E-state index < -0.39 is 0 Å². The van der Waals surface area contributed by atoms with Gasteiger partial charge in [0.25, 0.3) is 0 Å². The highest BCUT2D eigenvalue weighted by molar-refractivity contribution is 4.88. The Bertz CT molecular complexity index is 361. The highest BCUT2D eigenvalue weighted by Crippen LogP contribution is 2.25. The fourth-order valence-corrected chi connectivity index (χ4v) is 2.71. The van der Waals surface area contributed by atoms with E-state index in [4.69, 9.17) is 0 Å². The van der Waals surface area contributed by atoms with Gasteiger partial charge in [0.2, 0.25) is 0 Å². The zero-order valence-electron chi connectivity index (χ0n) is 12.3. The molecular formula is C15H27N3O. The van der Waals surface area contributed by atoms with E-state index in [-0.39, 0.29) is 11.5 Å². The first-order chi connectivity index (χ1) is 8.95. The Morgan fingerprint density at radius 3 is 2.53 bits per heavy atom. The molecule has 19 heavy (non-hydrogen) atoms. The first-order valence-electron chi connectivity index (χ1n) is 7.35. The quantitative estimate of drug-likeness (QED) is 0.877. The molecule has 4 nitrogen and oxygen atoms in total. The van der Waals surface area contributed by atoms with Crippen molar-refractivity contribution in [3.8, 4) is 0 Å². The summed E-state index contributed by atoms with van der Waals surface area (Å²) in [4.78, 5) is 4.12. The van der Waals surface area contributed by atoms with Crippen molar-refractivity contribution in [3.63, 3.8) is 0 Å². The molecular weight excluding hydrogens is 238 g/mol. The molecule has 1 saturated carbocycles. The summed E-state index contributed by atoms with van der Waals surface area (Å²) in [6, 6.07) is 0.957. The monoisotopic (exact) mass is 265 g/mol. The average molecular weight is 265 g/mol. The summed E-state index contributed by atoms with van der Waals surface area (Å²) in [5.74, 6) is 0. The van der Waals surface area contributed by atoms with E-state index in [2.05, 4.69) is 35.6 Å². The summed E-state index contributed by atoms with van der Waals surface area (Å²) in [7, 11) is 0. The molecule has 2 rings (SSSR count). The van der Waals surface area contributed by atoms with Crippen LogP contribution in [-0.4, -0.2) is 32.8 Å². The number of aliphatic hydroxyl groups excluding tert-OH is 1. The minimum atomic E-state index is -0.0835. The molecule has 1 aliphatic carbocycles. The molecule has 1 heterocycles. The Labute approximate surface area is 116 Å². The van der Waals surface area contributed by atoms with Crippen LogP contribution in [0.4, 0.5) is 0 Å². The van der Waals surface area contributed by atoms with E-state index in [1.165, 1.54) is 0 Å². The van der Waals surface area contributed by atoms with Gasteiger partial charge in [0.15, 0.2) is 0 Å². The van der Waals surface area contributed by atoms with Crippen LogP contribution in [0.15, 0.2) is 18.7 Å². The minimum absolute atomic E-state index is 0.0835. The van der Waals surface area contributed by atoms with Gasteiger partial charge in [-0.15, -0.1) is 0 Å². The van der Waals surface area contributed by atoms with Gasteiger partial charge in [-0.2, -0.15) is 0 Å². The molecule has 1 aromatic rings. The lowest BCUT2D eigenvalue weighted by molar-refractivity contribution is 0.105. The normalized spacial score (nSPS) is 26.3. The molecule has 0 spiro atoms. The third-order valence-electron chi connectivity index (χ3n) is 4.13. The lowest BCUT2D eigenvalue weighted by atomic mass is 9.84. The van der Waals surface area contributed by atoms with Crippen LogP contribution in [0.2, 0.25) is 0 Å². The minimum Gasteiger partial charge on any atom is -0.393 e. The highest BCUT2D eigenvalue weighted by atomic mass is 16.3. The van der Waals surface area contributed by atoms with E-state index in [1.54, 1.807) is 0 Å². The van der Waals surface area contributed by atoms with Gasteiger partial charge in [0, 0.05) is 31.0 Å². The number of imidazole rings is 1. The molecule has 0 radical (unpaired) electrons. The number of aliphatic hydroxyl groups is 1. The molecule has 0 saturated heterocycles. The standard InChI is InChI=1S/C15H27N3O/c1-15(2,3)14(10-18-9-8-16-11-18)17-12-4-6-13(19)7-5-12/h8-9,11-14,17,19H,4-7,10H2,1-3H3. The topological polar surface area (TPSA) is 50.1 Å². The van der Waals surface area contributed by atoms with Crippen LogP contribution in [0.5, 0.6) is 0 Å². The van der Waals surface area contributed by atoms with Crippen LogP contribution in [0.1, 0.15) is 46.5 Å². The maximum Gasteiger partial charge on any atom is 0.0946 e. The molecule has 0 bridgehead atoms. The van der Waals surface area contributed by atoms with Crippen molar-refractivity contribution in [3.05, 3.63) is 18.7 Å². The van der Waals surface area contributed by atoms with Gasteiger partial charge in [-0.25, -0.2) is 4.98 Å². The van der Waals surface area contributed by atoms with E-state index in [0.717, 1.165) is 32.2 Å². The van der Waals surface area contributed by atoms with Gasteiger partial charge in [0.1, 0.15) is 0 Å². The van der Waals surface area contributed by atoms with Crippen LogP contribution in [-0.2, 0) is 6.54 Å². The first kappa shape index (κ1) is 14.5. The number of nitrogens with zero attached hydrogens (tertiary/aromatic N) is 2. The van der Waals surface area contributed by atoms with Crippen molar-refractivity contribution < 1.29 is 5.11 Å². The summed E-state index contributed by atoms with van der Waals surface area (Å²) in [5, 5.41) is 13.4. The maximum absolute atomic E-state index is 9.59. The van der Waals surface area contributed by atoms with E-state index in [1.807, 2.05) is 18.7 Å². The summed E-state index contributed by atoms with van der Waals surface area (Å²) < 4.78 is 2.14. The van der Waals surface area contributed by atoms with Crippen molar-refractivity contribution in [1.29, 1.82) is 0 Å². The van der Waals surface area contributed by atoms with Gasteiger partial charge in [-0.1, -0.05) is 20.8 Å². The van der Waals surface area contributed by atoms with Gasteiger partial charge in [-0.3, -0.25) is 0 Å². The zero-order valence-corrected chi connectivity index (χ0v) is 12.3. The zero-order chi connectivity index (χ0) is 13.9. The lowest BCUT2D eigenvalue weighted by Crippen LogP contribution is -2.49. The number of nitrogens with one attached hydrogen (secondary N) is 1. The molecule has 1 fully saturated rings. The van der Waals surface area contributed by atoms with E-state index in [0.29, 0.717) is 12.1 Å². The fraction of sp³-hybridized carbons (Fsp3) is 0.800. The van der Waals surface area contributed by atoms with Crippen molar-refractivity contribution in [1.82, 2.24) is 14.9 Å². The van der Waals surface area contributed by atoms with Crippen LogP contribution >= 0.6 is 0 Å². The number of hydrogen-bond donors (Lipinski definition) is 2. The third kappa shape index (κ3) is 4.32. The Morgan fingerprint density at radius 2 is 2.00 bits per heavy atom. The van der Waals surface area contributed by atoms with Crippen molar-refractivity contribution in [2.24, 2.45) is 5.41 Å². The Balaban J connectivity index is 1.94. The largest absolute Gasteiger partial charge is 0.393 e. The molecule has 0 aromatic carbocycles. The predicted octanol–water partition coefficient (Wildman–Crippen LogP) is 2.19. The third-order valence-corrected chi connectivity index (χ3v) is 4.13. The van der Waals surface area contributed by atoms with E-state index >= 15 is 0 Å². The second-order valence-corrected chi connectivity index (χ2v) is 6.85. The molecule has 1 aliphatic rings. The van der Waals surface area contributed by atoms with Gasteiger partial charge < -0.3 is 15.0 Å². The fourth-order valence-electron chi connectivity index (χ4n) is 2.71. The molecule has 1 unspecified atom stereocenters. The van der Waals surface area contributed by atoms with Crippen LogP contribution in [0.25, 0.3) is 0 Å². The Morgan fingerprint density at radius 1 is 1.32 bits per heavy atom. The Hall–Kier alpha value is -0.870. The second-order valence-electron chi connectivity index (χ2n) is 6.85. The smallest absolute Gasteiger partial charge is 0.0946 e. The van der Waals surface area contributed by atoms with Crippen LogP contribution < -0.4 is 5.32 Å². The molecule has 108 valence electrons. The molecule has 4 heteroatoms. The van der Waals surface area contributed by atoms with Gasteiger partial charge >= 0.3 is 0 Å². The van der Waals surface area contributed by atoms with Gasteiger partial charge in [-0.05, 0) is 31.1 Å². The van der Waals surface area contributed by atoms with E-state index in [9.17, 15) is 5.11 Å². The van der Waals surface area contributed by atoms with Gasteiger partial charge in [0.05, 0.1) is 12.4 Å². The molecule has 1 aromatic heterocycles. The summed E-state index contributed by atoms with van der Waals surface area (Å²) in [6.45, 7) is 7.78. The van der Waals surface area contributed by atoms with Crippen molar-refractivity contribution in [2.75, 3.05) is 0 Å². The number of hydrogen-bond acceptors (Lipinski definition) is 3. The van der Waals surface area contributed by atoms with Crippen LogP contribution in [0.3, 0.4) is 0 Å². The summed E-state index contributed by atoms with van der Waals surface area (Å²) >= 11 is 0. The first-order valence-corrected chi connectivity index (χ1v) is 7.35. The number of aromatic nitrogens is 2. The molecule has 2 N–H and O–H groups in total. The molecule has 1 atom stereocenters. The molecule has 0 aliphatic heterocycles. The summed E-state index contributed by atoms with van der Waals surface area (Å²) in [5.41, 5.74) is 0.209. The Kier molecular flexibility index (Phi) is 4.63. The molecule has 0 amide bonds. The number of rotatable bonds is 4. The highest BCUT2D eigenvalue weighted by Gasteiger charge is 2.29. The SMILES string of the molecule is CC(C)(C)C(Cn1ccnc1)NC1CCC(O)CC1. The van der Waals surface area contributed by atoms with Crippen molar-refractivity contribution >= 4 is 0 Å². The van der Waals surface area contributed by atoms with Crippen molar-refractivity contribution in [2.45, 2.75) is 71.2 Å². The second kappa shape index (κ2) is 6.06. The summed E-state index contributed by atoms with van der Waals surface area (Å²) in [6.07, 6.45) is 9.67.